The molecule has 112 valence electrons. The molecule has 0 spiro atoms. The maximum absolute atomic E-state index is 11.2. The number of aryl methyl sites for hydroxylation is 1. The highest BCUT2D eigenvalue weighted by atomic mass is 16.5. The molecule has 1 aromatic carbocycles. The Bertz CT molecular complexity index is 617. The van der Waals surface area contributed by atoms with Crippen molar-refractivity contribution in [3.05, 3.63) is 58.1 Å². The fraction of sp³-hybridized carbons (Fsp3) is 0.471. The summed E-state index contributed by atoms with van der Waals surface area (Å²) in [4.78, 5) is 13.7. The number of aromatic amines is 1. The molecule has 4 nitrogen and oxygen atoms in total. The van der Waals surface area contributed by atoms with E-state index in [4.69, 9.17) is 4.52 Å². The lowest BCUT2D eigenvalue weighted by atomic mass is 9.86. The number of aromatic nitrogens is 1. The predicted molar refractivity (Wildman–Crippen MR) is 82.5 cm³/mol. The molecule has 1 fully saturated rings. The van der Waals surface area contributed by atoms with Crippen LogP contribution in [-0.4, -0.2) is 29.7 Å². The van der Waals surface area contributed by atoms with Crippen molar-refractivity contribution in [3.63, 3.8) is 0 Å². The van der Waals surface area contributed by atoms with Crippen molar-refractivity contribution in [2.75, 3.05) is 13.6 Å². The number of nitrogens with zero attached hydrogens (tertiary/aromatic N) is 1. The number of likely N-dealkylation sites (tertiary alicyclic amines) is 1. The van der Waals surface area contributed by atoms with Crippen molar-refractivity contribution in [1.82, 2.24) is 10.1 Å². The average molecular weight is 286 g/mol. The number of piperidine rings is 1. The van der Waals surface area contributed by atoms with Crippen molar-refractivity contribution >= 4 is 0 Å². The molecule has 1 aliphatic heterocycles. The lowest BCUT2D eigenvalue weighted by Gasteiger charge is -2.36. The fourth-order valence-electron chi connectivity index (χ4n) is 3.24. The molecule has 1 N–H and O–H groups in total. The molecular weight excluding hydrogens is 264 g/mol. The Morgan fingerprint density at radius 2 is 2.14 bits per heavy atom. The van der Waals surface area contributed by atoms with Crippen molar-refractivity contribution in [1.29, 1.82) is 0 Å². The van der Waals surface area contributed by atoms with Gasteiger partial charge in [-0.05, 0) is 44.8 Å². The van der Waals surface area contributed by atoms with Crippen LogP contribution in [0.2, 0.25) is 0 Å². The third-order valence-corrected chi connectivity index (χ3v) is 4.56. The van der Waals surface area contributed by atoms with Crippen LogP contribution in [0.25, 0.3) is 0 Å². The molecule has 1 aromatic heterocycles. The molecule has 3 rings (SSSR count). The summed E-state index contributed by atoms with van der Waals surface area (Å²) in [6, 6.07) is 12.8. The van der Waals surface area contributed by atoms with Gasteiger partial charge in [0, 0.05) is 18.0 Å². The molecule has 2 atom stereocenters. The largest absolute Gasteiger partial charge is 0.383 e. The molecule has 1 aliphatic rings. The number of H-pyrrole nitrogens is 1. The summed E-state index contributed by atoms with van der Waals surface area (Å²) in [5.41, 5.74) is 1.26. The summed E-state index contributed by atoms with van der Waals surface area (Å²) < 4.78 is 5.29. The van der Waals surface area contributed by atoms with Crippen molar-refractivity contribution in [2.45, 2.75) is 37.6 Å². The zero-order valence-corrected chi connectivity index (χ0v) is 12.4. The second-order valence-electron chi connectivity index (χ2n) is 6.00. The van der Waals surface area contributed by atoms with E-state index in [1.807, 2.05) is 0 Å². The molecule has 2 heterocycles. The Kier molecular flexibility index (Phi) is 4.25. The Morgan fingerprint density at radius 1 is 1.33 bits per heavy atom. The zero-order chi connectivity index (χ0) is 14.7. The van der Waals surface area contributed by atoms with E-state index in [2.05, 4.69) is 47.4 Å². The van der Waals surface area contributed by atoms with Gasteiger partial charge in [0.1, 0.15) is 5.76 Å². The topological polar surface area (TPSA) is 49.2 Å². The molecule has 4 heteroatoms. The van der Waals surface area contributed by atoms with E-state index in [0.29, 0.717) is 12.0 Å². The van der Waals surface area contributed by atoms with E-state index in [9.17, 15) is 4.79 Å². The van der Waals surface area contributed by atoms with Crippen LogP contribution in [-0.2, 0) is 6.42 Å². The van der Waals surface area contributed by atoms with Crippen LogP contribution in [0.1, 0.15) is 36.5 Å². The number of benzene rings is 1. The maximum atomic E-state index is 11.2. The second kappa shape index (κ2) is 6.31. The van der Waals surface area contributed by atoms with Crippen LogP contribution in [0, 0.1) is 0 Å². The van der Waals surface area contributed by atoms with Crippen molar-refractivity contribution in [2.24, 2.45) is 0 Å². The van der Waals surface area contributed by atoms with Crippen LogP contribution in [0.15, 0.2) is 45.7 Å². The SMILES string of the molecule is CN1CC[C@@H](c2cc(=O)[nH]o2)C[C@@H]1CCc1ccccc1. The average Bonchev–Trinajstić information content (AvgIpc) is 2.94. The Hall–Kier alpha value is -1.81. The molecule has 0 aliphatic carbocycles. The molecule has 0 amide bonds. The molecule has 0 unspecified atom stereocenters. The summed E-state index contributed by atoms with van der Waals surface area (Å²) >= 11 is 0. The highest BCUT2D eigenvalue weighted by molar-refractivity contribution is 5.15. The zero-order valence-electron chi connectivity index (χ0n) is 12.4. The lowest BCUT2D eigenvalue weighted by Crippen LogP contribution is -2.39. The molecule has 21 heavy (non-hydrogen) atoms. The van der Waals surface area contributed by atoms with Gasteiger partial charge in [-0.3, -0.25) is 4.79 Å². The summed E-state index contributed by atoms with van der Waals surface area (Å²) in [6.45, 7) is 1.05. The Labute approximate surface area is 124 Å². The molecule has 0 saturated carbocycles. The maximum Gasteiger partial charge on any atom is 0.280 e. The van der Waals surface area contributed by atoms with Crippen LogP contribution in [0.5, 0.6) is 0 Å². The van der Waals surface area contributed by atoms with E-state index in [1.54, 1.807) is 6.07 Å². The molecule has 0 radical (unpaired) electrons. The quantitative estimate of drug-likeness (QED) is 0.940. The smallest absolute Gasteiger partial charge is 0.280 e. The number of hydrogen-bond acceptors (Lipinski definition) is 3. The first kappa shape index (κ1) is 14.1. The summed E-state index contributed by atoms with van der Waals surface area (Å²) in [5.74, 6) is 1.18. The minimum Gasteiger partial charge on any atom is -0.383 e. The van der Waals surface area contributed by atoms with E-state index in [-0.39, 0.29) is 5.56 Å². The monoisotopic (exact) mass is 286 g/mol. The van der Waals surface area contributed by atoms with E-state index < -0.39 is 0 Å². The molecule has 1 saturated heterocycles. The Morgan fingerprint density at radius 3 is 2.86 bits per heavy atom. The van der Waals surface area contributed by atoms with Crippen LogP contribution >= 0.6 is 0 Å². The van der Waals surface area contributed by atoms with Gasteiger partial charge in [0.05, 0.1) is 0 Å². The van der Waals surface area contributed by atoms with Crippen molar-refractivity contribution in [3.8, 4) is 0 Å². The predicted octanol–water partition coefficient (Wildman–Crippen LogP) is 2.78. The Balaban J connectivity index is 1.62. The number of nitrogens with one attached hydrogen (secondary N) is 1. The van der Waals surface area contributed by atoms with Gasteiger partial charge in [-0.25, -0.2) is 0 Å². The summed E-state index contributed by atoms with van der Waals surface area (Å²) in [6.07, 6.45) is 4.36. The van der Waals surface area contributed by atoms with Crippen molar-refractivity contribution < 1.29 is 4.52 Å². The number of rotatable bonds is 4. The number of hydrogen-bond donors (Lipinski definition) is 1. The van der Waals surface area contributed by atoms with Gasteiger partial charge < -0.3 is 9.42 Å². The molecule has 2 aromatic rings. The van der Waals surface area contributed by atoms with E-state index in [0.717, 1.165) is 38.0 Å². The fourth-order valence-corrected chi connectivity index (χ4v) is 3.24. The van der Waals surface area contributed by atoms with Crippen LogP contribution in [0.3, 0.4) is 0 Å². The highest BCUT2D eigenvalue weighted by Crippen LogP contribution is 2.31. The summed E-state index contributed by atoms with van der Waals surface area (Å²) in [5, 5.41) is 2.41. The molecular formula is C17H22N2O2. The van der Waals surface area contributed by atoms with Gasteiger partial charge in [0.25, 0.3) is 5.56 Å². The van der Waals surface area contributed by atoms with Gasteiger partial charge in [-0.1, -0.05) is 30.3 Å². The van der Waals surface area contributed by atoms with E-state index >= 15 is 0 Å². The summed E-state index contributed by atoms with van der Waals surface area (Å²) in [7, 11) is 2.19. The first-order valence-electron chi connectivity index (χ1n) is 7.65. The minimum absolute atomic E-state index is 0.134. The van der Waals surface area contributed by atoms with Crippen LogP contribution in [0.4, 0.5) is 0 Å². The van der Waals surface area contributed by atoms with E-state index in [1.165, 1.54) is 5.56 Å². The standard InChI is InChI=1S/C17H22N2O2/c1-19-10-9-14(16-12-17(20)18-21-16)11-15(19)8-7-13-5-3-2-4-6-13/h2-6,12,14-15H,7-11H2,1H3,(H,18,20)/t14-,15+/m1/s1. The third-order valence-electron chi connectivity index (χ3n) is 4.56. The normalized spacial score (nSPS) is 23.3. The first-order valence-corrected chi connectivity index (χ1v) is 7.65. The van der Waals surface area contributed by atoms with Gasteiger partial charge >= 0.3 is 0 Å². The van der Waals surface area contributed by atoms with Crippen LogP contribution < -0.4 is 5.56 Å². The van der Waals surface area contributed by atoms with Gasteiger partial charge in [0.2, 0.25) is 0 Å². The highest BCUT2D eigenvalue weighted by Gasteiger charge is 2.28. The van der Waals surface area contributed by atoms with Gasteiger partial charge in [0.15, 0.2) is 0 Å². The molecule has 0 bridgehead atoms. The first-order chi connectivity index (χ1) is 10.2. The van der Waals surface area contributed by atoms with Gasteiger partial charge in [-0.15, -0.1) is 0 Å². The third kappa shape index (κ3) is 3.45. The second-order valence-corrected chi connectivity index (χ2v) is 6.00. The lowest BCUT2D eigenvalue weighted by molar-refractivity contribution is 0.149. The van der Waals surface area contributed by atoms with Gasteiger partial charge in [-0.2, -0.15) is 5.16 Å². The minimum atomic E-state index is -0.134.